The van der Waals surface area contributed by atoms with Crippen LogP contribution in [0.2, 0.25) is 0 Å². The molecule has 1 amide bonds. The van der Waals surface area contributed by atoms with Crippen LogP contribution in [-0.4, -0.2) is 23.0 Å². The fourth-order valence-electron chi connectivity index (χ4n) is 2.05. The van der Waals surface area contributed by atoms with Gasteiger partial charge < -0.3 is 10.4 Å². The van der Waals surface area contributed by atoms with Crippen molar-refractivity contribution in [3.63, 3.8) is 0 Å². The monoisotopic (exact) mass is 261 g/mol. The van der Waals surface area contributed by atoms with Crippen molar-refractivity contribution in [2.24, 2.45) is 5.92 Å². The van der Waals surface area contributed by atoms with Gasteiger partial charge >= 0.3 is 5.97 Å². The zero-order valence-corrected chi connectivity index (χ0v) is 10.8. The second-order valence-electron chi connectivity index (χ2n) is 5.13. The van der Waals surface area contributed by atoms with E-state index >= 15 is 0 Å². The van der Waals surface area contributed by atoms with Gasteiger partial charge in [-0.15, -0.1) is 0 Å². The summed E-state index contributed by atoms with van der Waals surface area (Å²) in [6.07, 6.45) is 3.73. The molecule has 0 aliphatic heterocycles. The first-order valence-electron chi connectivity index (χ1n) is 6.71. The number of carboxylic acid groups (broad SMARTS) is 1. The number of nitrogens with one attached hydrogen (secondary N) is 1. The minimum absolute atomic E-state index is 0.136. The van der Waals surface area contributed by atoms with Gasteiger partial charge in [0.1, 0.15) is 6.04 Å². The number of carboxylic acids is 1. The molecule has 0 spiro atoms. The molecule has 1 saturated carbocycles. The van der Waals surface area contributed by atoms with Crippen LogP contribution in [0.15, 0.2) is 30.3 Å². The van der Waals surface area contributed by atoms with E-state index in [0.29, 0.717) is 25.2 Å². The highest BCUT2D eigenvalue weighted by atomic mass is 16.4. The summed E-state index contributed by atoms with van der Waals surface area (Å²) in [7, 11) is 0. The first-order valence-corrected chi connectivity index (χ1v) is 6.71. The summed E-state index contributed by atoms with van der Waals surface area (Å²) in [5.41, 5.74) is 1.09. The molecule has 0 aromatic heterocycles. The molecular weight excluding hydrogens is 242 g/mol. The standard InChI is InChI=1S/C15H19NO3/c17-14(10-12-6-7-12)16-13(15(18)19)9-8-11-4-2-1-3-5-11/h1-5,12-13H,6-10H2,(H,16,17)(H,18,19)/t13-/m0/s1. The first kappa shape index (κ1) is 13.6. The fourth-order valence-corrected chi connectivity index (χ4v) is 2.05. The van der Waals surface area contributed by atoms with Gasteiger partial charge in [0.15, 0.2) is 0 Å². The molecule has 2 N–H and O–H groups in total. The number of aryl methyl sites for hydroxylation is 1. The summed E-state index contributed by atoms with van der Waals surface area (Å²) in [6, 6.07) is 8.92. The Bertz CT molecular complexity index is 440. The number of amides is 1. The van der Waals surface area contributed by atoms with Crippen LogP contribution in [0.3, 0.4) is 0 Å². The van der Waals surface area contributed by atoms with Gasteiger partial charge in [-0.05, 0) is 37.2 Å². The fraction of sp³-hybridized carbons (Fsp3) is 0.467. The molecule has 1 atom stereocenters. The van der Waals surface area contributed by atoms with E-state index < -0.39 is 12.0 Å². The maximum Gasteiger partial charge on any atom is 0.326 e. The van der Waals surface area contributed by atoms with E-state index in [1.54, 1.807) is 0 Å². The van der Waals surface area contributed by atoms with Crippen LogP contribution in [0, 0.1) is 5.92 Å². The summed E-state index contributed by atoms with van der Waals surface area (Å²) in [4.78, 5) is 22.8. The van der Waals surface area contributed by atoms with Crippen LogP contribution in [0.5, 0.6) is 0 Å². The lowest BCUT2D eigenvalue weighted by Crippen LogP contribution is -2.41. The van der Waals surface area contributed by atoms with Crippen LogP contribution >= 0.6 is 0 Å². The molecule has 0 heterocycles. The van der Waals surface area contributed by atoms with Gasteiger partial charge in [0.05, 0.1) is 0 Å². The Morgan fingerprint density at radius 3 is 2.53 bits per heavy atom. The van der Waals surface area contributed by atoms with E-state index in [0.717, 1.165) is 18.4 Å². The Labute approximate surface area is 112 Å². The summed E-state index contributed by atoms with van der Waals surface area (Å²) in [5, 5.41) is 11.8. The average Bonchev–Trinajstić information content (AvgIpc) is 3.19. The van der Waals surface area contributed by atoms with E-state index in [4.69, 9.17) is 5.11 Å². The molecule has 1 aromatic carbocycles. The van der Waals surface area contributed by atoms with Crippen molar-refractivity contribution in [3.8, 4) is 0 Å². The third-order valence-electron chi connectivity index (χ3n) is 3.37. The highest BCUT2D eigenvalue weighted by molar-refractivity contribution is 5.83. The summed E-state index contributed by atoms with van der Waals surface area (Å²) < 4.78 is 0. The second kappa shape index (κ2) is 6.36. The highest BCUT2D eigenvalue weighted by Gasteiger charge is 2.27. The molecule has 1 aromatic rings. The van der Waals surface area contributed by atoms with Crippen molar-refractivity contribution in [3.05, 3.63) is 35.9 Å². The minimum atomic E-state index is -0.958. The van der Waals surface area contributed by atoms with Gasteiger partial charge in [-0.25, -0.2) is 4.79 Å². The molecule has 19 heavy (non-hydrogen) atoms. The van der Waals surface area contributed by atoms with Crippen LogP contribution < -0.4 is 5.32 Å². The average molecular weight is 261 g/mol. The second-order valence-corrected chi connectivity index (χ2v) is 5.13. The van der Waals surface area contributed by atoms with E-state index in [2.05, 4.69) is 5.32 Å². The molecule has 1 aliphatic carbocycles. The van der Waals surface area contributed by atoms with Gasteiger partial charge in [-0.3, -0.25) is 4.79 Å². The van der Waals surface area contributed by atoms with Crippen molar-refractivity contribution in [1.82, 2.24) is 5.32 Å². The number of benzene rings is 1. The van der Waals surface area contributed by atoms with E-state index in [1.807, 2.05) is 30.3 Å². The lowest BCUT2D eigenvalue weighted by Gasteiger charge is -2.14. The smallest absolute Gasteiger partial charge is 0.326 e. The van der Waals surface area contributed by atoms with Gasteiger partial charge in [0.2, 0.25) is 5.91 Å². The lowest BCUT2D eigenvalue weighted by molar-refractivity contribution is -0.142. The molecular formula is C15H19NO3. The largest absolute Gasteiger partial charge is 0.480 e. The number of hydrogen-bond acceptors (Lipinski definition) is 2. The minimum Gasteiger partial charge on any atom is -0.480 e. The molecule has 4 nitrogen and oxygen atoms in total. The van der Waals surface area contributed by atoms with Crippen LogP contribution in [0.1, 0.15) is 31.2 Å². The number of carbonyl (C=O) groups excluding carboxylic acids is 1. The zero-order valence-electron chi connectivity index (χ0n) is 10.8. The van der Waals surface area contributed by atoms with Crippen molar-refractivity contribution < 1.29 is 14.7 Å². The number of hydrogen-bond donors (Lipinski definition) is 2. The molecule has 0 bridgehead atoms. The topological polar surface area (TPSA) is 66.4 Å². The molecule has 0 saturated heterocycles. The van der Waals surface area contributed by atoms with Crippen molar-refractivity contribution >= 4 is 11.9 Å². The highest BCUT2D eigenvalue weighted by Crippen LogP contribution is 2.32. The SMILES string of the molecule is O=C(CC1CC1)N[C@@H](CCc1ccccc1)C(=O)O. The van der Waals surface area contributed by atoms with Crippen molar-refractivity contribution in [2.45, 2.75) is 38.1 Å². The van der Waals surface area contributed by atoms with Gasteiger partial charge in [-0.1, -0.05) is 30.3 Å². The van der Waals surface area contributed by atoms with E-state index in [9.17, 15) is 9.59 Å². The molecule has 102 valence electrons. The Kier molecular flexibility index (Phi) is 4.55. The molecule has 0 unspecified atom stereocenters. The Hall–Kier alpha value is -1.84. The quantitative estimate of drug-likeness (QED) is 0.788. The van der Waals surface area contributed by atoms with E-state index in [1.165, 1.54) is 0 Å². The molecule has 4 heteroatoms. The van der Waals surface area contributed by atoms with Crippen LogP contribution in [0.4, 0.5) is 0 Å². The number of carbonyl (C=O) groups is 2. The molecule has 2 rings (SSSR count). The summed E-state index contributed by atoms with van der Waals surface area (Å²) in [6.45, 7) is 0. The maximum absolute atomic E-state index is 11.6. The Balaban J connectivity index is 1.81. The predicted octanol–water partition coefficient (Wildman–Crippen LogP) is 1.99. The van der Waals surface area contributed by atoms with Gasteiger partial charge in [-0.2, -0.15) is 0 Å². The van der Waals surface area contributed by atoms with Crippen molar-refractivity contribution in [2.75, 3.05) is 0 Å². The van der Waals surface area contributed by atoms with Crippen LogP contribution in [-0.2, 0) is 16.0 Å². The zero-order chi connectivity index (χ0) is 13.7. The maximum atomic E-state index is 11.6. The lowest BCUT2D eigenvalue weighted by atomic mass is 10.1. The molecule has 1 fully saturated rings. The molecule has 1 aliphatic rings. The predicted molar refractivity (Wildman–Crippen MR) is 71.7 cm³/mol. The van der Waals surface area contributed by atoms with E-state index in [-0.39, 0.29) is 5.91 Å². The number of aliphatic carboxylic acids is 1. The Morgan fingerprint density at radius 2 is 1.95 bits per heavy atom. The third-order valence-corrected chi connectivity index (χ3v) is 3.37. The summed E-state index contributed by atoms with van der Waals surface area (Å²) in [5.74, 6) is -0.619. The third kappa shape index (κ3) is 4.73. The Morgan fingerprint density at radius 1 is 1.26 bits per heavy atom. The normalized spacial score (nSPS) is 15.8. The van der Waals surface area contributed by atoms with Crippen molar-refractivity contribution in [1.29, 1.82) is 0 Å². The van der Waals surface area contributed by atoms with Gasteiger partial charge in [0, 0.05) is 6.42 Å². The van der Waals surface area contributed by atoms with Crippen LogP contribution in [0.25, 0.3) is 0 Å². The first-order chi connectivity index (χ1) is 9.15. The van der Waals surface area contributed by atoms with Gasteiger partial charge in [0.25, 0.3) is 0 Å². The molecule has 0 radical (unpaired) electrons. The summed E-state index contributed by atoms with van der Waals surface area (Å²) >= 11 is 0. The number of rotatable bonds is 7.